The first-order valence-electron chi connectivity index (χ1n) is 12.9. The van der Waals surface area contributed by atoms with E-state index in [-0.39, 0.29) is 17.1 Å². The van der Waals surface area contributed by atoms with Crippen LogP contribution in [0.1, 0.15) is 92.9 Å². The zero-order valence-corrected chi connectivity index (χ0v) is 20.7. The predicted molar refractivity (Wildman–Crippen MR) is 121 cm³/mol. The summed E-state index contributed by atoms with van der Waals surface area (Å²) < 4.78 is 13.0. The maximum atomic E-state index is 6.50. The van der Waals surface area contributed by atoms with Gasteiger partial charge >= 0.3 is 0 Å². The SMILES string of the molecule is C[C@@H]1CC[C@]2(C)C3=CC(OOC(C)(C)C)[C@@]4(C)[C@@H](CCC45OCCCO5)[C@@H]3CC[C@@H]2C1. The highest BCUT2D eigenvalue weighted by Gasteiger charge is 2.69. The molecule has 1 heterocycles. The maximum Gasteiger partial charge on any atom is 0.176 e. The van der Waals surface area contributed by atoms with Crippen molar-refractivity contribution in [2.75, 3.05) is 13.2 Å². The van der Waals surface area contributed by atoms with Crippen LogP contribution in [0.2, 0.25) is 0 Å². The molecule has 0 N–H and O–H groups in total. The largest absolute Gasteiger partial charge is 0.349 e. The van der Waals surface area contributed by atoms with Gasteiger partial charge in [0.15, 0.2) is 5.79 Å². The number of fused-ring (bicyclic) bond motifs is 6. The Morgan fingerprint density at radius 2 is 1.74 bits per heavy atom. The summed E-state index contributed by atoms with van der Waals surface area (Å²) in [5.41, 5.74) is 1.41. The number of rotatable bonds is 2. The summed E-state index contributed by atoms with van der Waals surface area (Å²) in [5, 5.41) is 0. The van der Waals surface area contributed by atoms with E-state index in [1.165, 1.54) is 32.1 Å². The molecule has 4 fully saturated rings. The van der Waals surface area contributed by atoms with Gasteiger partial charge in [-0.05, 0) is 94.8 Å². The lowest BCUT2D eigenvalue weighted by molar-refractivity contribution is -0.413. The van der Waals surface area contributed by atoms with E-state index >= 15 is 0 Å². The van der Waals surface area contributed by atoms with Gasteiger partial charge < -0.3 is 9.47 Å². The average molecular weight is 433 g/mol. The van der Waals surface area contributed by atoms with E-state index in [1.54, 1.807) is 5.57 Å². The molecule has 5 aliphatic rings. The van der Waals surface area contributed by atoms with Crippen molar-refractivity contribution in [1.29, 1.82) is 0 Å². The van der Waals surface area contributed by atoms with Crippen LogP contribution < -0.4 is 0 Å². The third-order valence-electron chi connectivity index (χ3n) is 9.77. The van der Waals surface area contributed by atoms with Gasteiger partial charge in [-0.25, -0.2) is 9.78 Å². The third-order valence-corrected chi connectivity index (χ3v) is 9.77. The van der Waals surface area contributed by atoms with Crippen molar-refractivity contribution in [1.82, 2.24) is 0 Å². The highest BCUT2D eigenvalue weighted by Crippen LogP contribution is 2.68. The molecule has 0 aromatic rings. The van der Waals surface area contributed by atoms with E-state index in [2.05, 4.69) is 47.6 Å². The smallest absolute Gasteiger partial charge is 0.176 e. The maximum absolute atomic E-state index is 6.50. The lowest BCUT2D eigenvalue weighted by atomic mass is 9.48. The summed E-state index contributed by atoms with van der Waals surface area (Å²) in [6.45, 7) is 15.1. The lowest BCUT2D eigenvalue weighted by Gasteiger charge is -2.59. The van der Waals surface area contributed by atoms with Crippen molar-refractivity contribution >= 4 is 0 Å². The van der Waals surface area contributed by atoms with Gasteiger partial charge in [0.2, 0.25) is 0 Å². The van der Waals surface area contributed by atoms with E-state index in [1.807, 2.05) is 0 Å². The molecule has 0 amide bonds. The first-order valence-corrected chi connectivity index (χ1v) is 12.9. The van der Waals surface area contributed by atoms with Gasteiger partial charge in [0.25, 0.3) is 0 Å². The number of hydrogen-bond acceptors (Lipinski definition) is 4. The van der Waals surface area contributed by atoms with E-state index in [0.29, 0.717) is 17.3 Å². The Labute approximate surface area is 189 Å². The van der Waals surface area contributed by atoms with E-state index < -0.39 is 5.79 Å². The molecule has 1 aliphatic heterocycles. The number of allylic oxidation sites excluding steroid dienone is 1. The molecule has 1 spiro atoms. The topological polar surface area (TPSA) is 36.9 Å². The predicted octanol–water partition coefficient (Wildman–Crippen LogP) is 6.44. The highest BCUT2D eigenvalue weighted by molar-refractivity contribution is 5.32. The summed E-state index contributed by atoms with van der Waals surface area (Å²) in [6, 6.07) is 0. The second kappa shape index (κ2) is 7.55. The van der Waals surface area contributed by atoms with E-state index in [0.717, 1.165) is 44.3 Å². The zero-order valence-electron chi connectivity index (χ0n) is 20.7. The number of hydrogen-bond donors (Lipinski definition) is 0. The van der Waals surface area contributed by atoms with Crippen molar-refractivity contribution in [2.45, 2.75) is 110 Å². The first-order chi connectivity index (χ1) is 14.6. The second-order valence-corrected chi connectivity index (χ2v) is 12.7. The summed E-state index contributed by atoms with van der Waals surface area (Å²) >= 11 is 0. The van der Waals surface area contributed by atoms with Gasteiger partial charge in [0, 0.05) is 6.42 Å². The Hall–Kier alpha value is -0.420. The molecule has 0 radical (unpaired) electrons. The lowest BCUT2D eigenvalue weighted by Crippen LogP contribution is -2.61. The molecule has 4 heteroatoms. The average Bonchev–Trinajstić information content (AvgIpc) is 3.00. The number of ether oxygens (including phenoxy) is 2. The molecule has 4 aliphatic carbocycles. The molecule has 7 atom stereocenters. The van der Waals surface area contributed by atoms with Crippen LogP contribution in [-0.2, 0) is 19.2 Å². The molecular formula is C27H44O4. The van der Waals surface area contributed by atoms with Gasteiger partial charge in [-0.1, -0.05) is 32.4 Å². The highest BCUT2D eigenvalue weighted by atomic mass is 17.2. The van der Waals surface area contributed by atoms with E-state index in [4.69, 9.17) is 19.2 Å². The monoisotopic (exact) mass is 432 g/mol. The van der Waals surface area contributed by atoms with Crippen LogP contribution in [0, 0.1) is 34.5 Å². The minimum atomic E-state index is -0.539. The Bertz CT molecular complexity index is 717. The van der Waals surface area contributed by atoms with Gasteiger partial charge in [-0.15, -0.1) is 0 Å². The van der Waals surface area contributed by atoms with Crippen molar-refractivity contribution in [3.05, 3.63) is 11.6 Å². The van der Waals surface area contributed by atoms with Crippen LogP contribution in [0.4, 0.5) is 0 Å². The molecule has 0 aromatic carbocycles. The van der Waals surface area contributed by atoms with Gasteiger partial charge in [0.05, 0.1) is 24.2 Å². The molecule has 0 bridgehead atoms. The van der Waals surface area contributed by atoms with Crippen molar-refractivity contribution in [3.63, 3.8) is 0 Å². The normalized spacial score (nSPS) is 46.8. The molecule has 0 aromatic heterocycles. The van der Waals surface area contributed by atoms with Crippen LogP contribution >= 0.6 is 0 Å². The fourth-order valence-corrected chi connectivity index (χ4v) is 8.06. The summed E-state index contributed by atoms with van der Waals surface area (Å²) in [5.74, 6) is 2.28. The molecule has 4 nitrogen and oxygen atoms in total. The molecule has 3 saturated carbocycles. The Balaban J connectivity index is 1.56. The second-order valence-electron chi connectivity index (χ2n) is 12.7. The first kappa shape index (κ1) is 22.4. The van der Waals surface area contributed by atoms with Crippen molar-refractivity contribution < 1.29 is 19.2 Å². The molecule has 31 heavy (non-hydrogen) atoms. The Morgan fingerprint density at radius 1 is 1.00 bits per heavy atom. The third kappa shape index (κ3) is 3.38. The fourth-order valence-electron chi connectivity index (χ4n) is 8.06. The molecular weight excluding hydrogens is 388 g/mol. The fraction of sp³-hybridized carbons (Fsp3) is 0.926. The quantitative estimate of drug-likeness (QED) is 0.286. The summed E-state index contributed by atoms with van der Waals surface area (Å²) in [4.78, 5) is 12.3. The van der Waals surface area contributed by atoms with Gasteiger partial charge in [-0.2, -0.15) is 0 Å². The van der Waals surface area contributed by atoms with Crippen LogP contribution in [0.15, 0.2) is 11.6 Å². The Morgan fingerprint density at radius 3 is 2.45 bits per heavy atom. The summed E-state index contributed by atoms with van der Waals surface area (Å²) in [6.07, 6.45) is 12.2. The van der Waals surface area contributed by atoms with Crippen LogP contribution in [0.3, 0.4) is 0 Å². The molecule has 176 valence electrons. The molecule has 1 saturated heterocycles. The van der Waals surface area contributed by atoms with Crippen molar-refractivity contribution in [3.8, 4) is 0 Å². The minimum Gasteiger partial charge on any atom is -0.349 e. The van der Waals surface area contributed by atoms with E-state index in [9.17, 15) is 0 Å². The zero-order chi connectivity index (χ0) is 22.1. The molecule has 5 rings (SSSR count). The van der Waals surface area contributed by atoms with Crippen LogP contribution in [-0.4, -0.2) is 30.7 Å². The molecule has 1 unspecified atom stereocenters. The Kier molecular flexibility index (Phi) is 5.45. The van der Waals surface area contributed by atoms with Gasteiger partial charge in [-0.3, -0.25) is 0 Å². The van der Waals surface area contributed by atoms with Crippen molar-refractivity contribution in [2.24, 2.45) is 34.5 Å². The van der Waals surface area contributed by atoms with Gasteiger partial charge in [0.1, 0.15) is 6.10 Å². The van der Waals surface area contributed by atoms with Crippen LogP contribution in [0.25, 0.3) is 0 Å². The summed E-state index contributed by atoms with van der Waals surface area (Å²) in [7, 11) is 0. The van der Waals surface area contributed by atoms with Crippen LogP contribution in [0.5, 0.6) is 0 Å². The minimum absolute atomic E-state index is 0.140. The standard InChI is InChI=1S/C27H44O4/c1-18-10-12-25(5)19(16-18)8-9-20-21-11-13-27(28-14-7-15-29-27)26(21,6)23(17-22(20)25)30-31-24(2,3)4/h17-21,23H,7-16H2,1-6H3/t18-,19-,20+,21+,23?,25+,26-/m1/s1.